The van der Waals surface area contributed by atoms with Crippen molar-refractivity contribution in [3.63, 3.8) is 0 Å². The molecule has 2 aromatic rings. The van der Waals surface area contributed by atoms with Gasteiger partial charge in [0.25, 0.3) is 0 Å². The maximum Gasteiger partial charge on any atom is 0.416 e. The smallest absolute Gasteiger partial charge is 0.416 e. The minimum absolute atomic E-state index is 0.181. The summed E-state index contributed by atoms with van der Waals surface area (Å²) in [7, 11) is 3.08. The van der Waals surface area contributed by atoms with Crippen molar-refractivity contribution in [2.45, 2.75) is 16.1 Å². The van der Waals surface area contributed by atoms with E-state index in [9.17, 15) is 13.2 Å². The molecule has 0 atom stereocenters. The number of hydrogen-bond donors (Lipinski definition) is 1. The molecule has 0 unspecified atom stereocenters. The van der Waals surface area contributed by atoms with E-state index < -0.39 is 11.7 Å². The largest absolute Gasteiger partial charge is 0.497 e. The van der Waals surface area contributed by atoms with Gasteiger partial charge in [0, 0.05) is 11.9 Å². The second-order valence-electron chi connectivity index (χ2n) is 4.10. The lowest BCUT2D eigenvalue weighted by Crippen LogP contribution is -2.07. The normalized spacial score (nSPS) is 11.3. The molecular formula is C14H13F3N2OS. The third kappa shape index (κ3) is 4.04. The second-order valence-corrected chi connectivity index (χ2v) is 5.20. The maximum atomic E-state index is 12.8. The van der Waals surface area contributed by atoms with E-state index >= 15 is 0 Å². The van der Waals surface area contributed by atoms with E-state index in [1.54, 1.807) is 31.4 Å². The van der Waals surface area contributed by atoms with Crippen molar-refractivity contribution in [2.75, 3.05) is 19.5 Å². The molecule has 112 valence electrons. The van der Waals surface area contributed by atoms with Crippen LogP contribution in [0.4, 0.5) is 19.0 Å². The molecule has 0 saturated carbocycles. The molecular weight excluding hydrogens is 301 g/mol. The molecule has 7 heteroatoms. The number of pyridine rings is 1. The van der Waals surface area contributed by atoms with Crippen LogP contribution in [0.5, 0.6) is 5.75 Å². The molecule has 0 aliphatic rings. The van der Waals surface area contributed by atoms with Gasteiger partial charge in [0.1, 0.15) is 16.6 Å². The fourth-order valence-electron chi connectivity index (χ4n) is 1.61. The van der Waals surface area contributed by atoms with E-state index in [2.05, 4.69) is 10.3 Å². The molecule has 1 aromatic heterocycles. The zero-order valence-electron chi connectivity index (χ0n) is 11.4. The van der Waals surface area contributed by atoms with Crippen molar-refractivity contribution < 1.29 is 17.9 Å². The van der Waals surface area contributed by atoms with Crippen molar-refractivity contribution in [1.29, 1.82) is 0 Å². The van der Waals surface area contributed by atoms with E-state index in [4.69, 9.17) is 4.74 Å². The number of nitrogens with zero attached hydrogens (tertiary/aromatic N) is 1. The van der Waals surface area contributed by atoms with E-state index in [-0.39, 0.29) is 10.8 Å². The zero-order valence-corrected chi connectivity index (χ0v) is 12.2. The SMILES string of the molecule is CNc1cc(C(F)(F)F)cc(Sc2ccc(OC)cc2)n1. The summed E-state index contributed by atoms with van der Waals surface area (Å²) in [5.41, 5.74) is -0.724. The van der Waals surface area contributed by atoms with Gasteiger partial charge in [-0.15, -0.1) is 0 Å². The highest BCUT2D eigenvalue weighted by Crippen LogP contribution is 2.35. The highest BCUT2D eigenvalue weighted by molar-refractivity contribution is 7.99. The van der Waals surface area contributed by atoms with E-state index in [1.807, 2.05) is 0 Å². The number of halogens is 3. The van der Waals surface area contributed by atoms with Crippen LogP contribution < -0.4 is 10.1 Å². The van der Waals surface area contributed by atoms with Crippen LogP contribution in [0.1, 0.15) is 5.56 Å². The Morgan fingerprint density at radius 3 is 2.33 bits per heavy atom. The number of hydrogen-bond acceptors (Lipinski definition) is 4. The van der Waals surface area contributed by atoms with Gasteiger partial charge < -0.3 is 10.1 Å². The van der Waals surface area contributed by atoms with Gasteiger partial charge in [-0.2, -0.15) is 13.2 Å². The number of anilines is 1. The van der Waals surface area contributed by atoms with Crippen LogP contribution in [-0.2, 0) is 6.18 Å². The summed E-state index contributed by atoms with van der Waals surface area (Å²) < 4.78 is 43.6. The van der Waals surface area contributed by atoms with Gasteiger partial charge in [-0.05, 0) is 36.4 Å². The van der Waals surface area contributed by atoms with Crippen LogP contribution in [0.2, 0.25) is 0 Å². The molecule has 0 amide bonds. The highest BCUT2D eigenvalue weighted by atomic mass is 32.2. The molecule has 1 heterocycles. The third-order valence-electron chi connectivity index (χ3n) is 2.67. The fraction of sp³-hybridized carbons (Fsp3) is 0.214. The molecule has 0 bridgehead atoms. The molecule has 2 rings (SSSR count). The van der Waals surface area contributed by atoms with Gasteiger partial charge in [-0.1, -0.05) is 11.8 Å². The number of nitrogens with one attached hydrogen (secondary N) is 1. The molecule has 21 heavy (non-hydrogen) atoms. The van der Waals surface area contributed by atoms with Crippen molar-refractivity contribution in [1.82, 2.24) is 4.98 Å². The number of methoxy groups -OCH3 is 1. The summed E-state index contributed by atoms with van der Waals surface area (Å²) in [6, 6.07) is 9.05. The predicted molar refractivity (Wildman–Crippen MR) is 75.9 cm³/mol. The summed E-state index contributed by atoms with van der Waals surface area (Å²) in [6.45, 7) is 0. The van der Waals surface area contributed by atoms with E-state index in [1.165, 1.54) is 7.05 Å². The Morgan fingerprint density at radius 2 is 1.81 bits per heavy atom. The Bertz CT molecular complexity index is 615. The average molecular weight is 314 g/mol. The van der Waals surface area contributed by atoms with Gasteiger partial charge in [0.2, 0.25) is 0 Å². The summed E-state index contributed by atoms with van der Waals surface area (Å²) in [5, 5.41) is 2.92. The Hall–Kier alpha value is -1.89. The lowest BCUT2D eigenvalue weighted by Gasteiger charge is -2.11. The highest BCUT2D eigenvalue weighted by Gasteiger charge is 2.31. The minimum Gasteiger partial charge on any atom is -0.497 e. The maximum absolute atomic E-state index is 12.8. The van der Waals surface area contributed by atoms with Gasteiger partial charge in [0.15, 0.2) is 0 Å². The van der Waals surface area contributed by atoms with Crippen LogP contribution in [0.25, 0.3) is 0 Å². The summed E-state index contributed by atoms with van der Waals surface area (Å²) in [6.07, 6.45) is -4.40. The molecule has 1 aromatic carbocycles. The number of rotatable bonds is 4. The Labute approximate surface area is 124 Å². The van der Waals surface area contributed by atoms with Crippen LogP contribution in [0, 0.1) is 0 Å². The lowest BCUT2D eigenvalue weighted by molar-refractivity contribution is -0.137. The van der Waals surface area contributed by atoms with Crippen molar-refractivity contribution in [3.8, 4) is 5.75 Å². The number of ether oxygens (including phenoxy) is 1. The zero-order chi connectivity index (χ0) is 15.5. The minimum atomic E-state index is -4.40. The van der Waals surface area contributed by atoms with Crippen molar-refractivity contribution >= 4 is 17.6 Å². The van der Waals surface area contributed by atoms with Crippen molar-refractivity contribution in [2.24, 2.45) is 0 Å². The van der Waals surface area contributed by atoms with Gasteiger partial charge in [-0.3, -0.25) is 0 Å². The molecule has 1 N–H and O–H groups in total. The van der Waals surface area contributed by atoms with Crippen molar-refractivity contribution in [3.05, 3.63) is 42.0 Å². The van der Waals surface area contributed by atoms with E-state index in [0.29, 0.717) is 5.75 Å². The quantitative estimate of drug-likeness (QED) is 0.912. The van der Waals surface area contributed by atoms with E-state index in [0.717, 1.165) is 28.8 Å². The van der Waals surface area contributed by atoms with Crippen LogP contribution in [0.3, 0.4) is 0 Å². The Balaban J connectivity index is 2.29. The predicted octanol–water partition coefficient (Wildman–Crippen LogP) is 4.30. The Morgan fingerprint density at radius 1 is 1.14 bits per heavy atom. The molecule has 3 nitrogen and oxygen atoms in total. The van der Waals surface area contributed by atoms with Crippen LogP contribution >= 0.6 is 11.8 Å². The number of aromatic nitrogens is 1. The first kappa shape index (κ1) is 15.5. The number of alkyl halides is 3. The topological polar surface area (TPSA) is 34.1 Å². The molecule has 0 fully saturated rings. The first-order chi connectivity index (χ1) is 9.92. The lowest BCUT2D eigenvalue weighted by atomic mass is 10.2. The first-order valence-electron chi connectivity index (χ1n) is 6.01. The third-order valence-corrected chi connectivity index (χ3v) is 3.59. The molecule has 0 saturated heterocycles. The van der Waals surface area contributed by atoms with Crippen LogP contribution in [0.15, 0.2) is 46.3 Å². The monoisotopic (exact) mass is 314 g/mol. The molecule has 0 spiro atoms. The summed E-state index contributed by atoms with van der Waals surface area (Å²) >= 11 is 1.16. The molecule has 0 aliphatic carbocycles. The number of benzene rings is 1. The Kier molecular flexibility index (Phi) is 4.62. The fourth-order valence-corrected chi connectivity index (χ4v) is 2.46. The molecule has 0 aliphatic heterocycles. The standard InChI is InChI=1S/C14H13F3N2OS/c1-18-12-7-9(14(15,16)17)8-13(19-12)21-11-5-3-10(20-2)4-6-11/h3-8H,1-2H3,(H,18,19). The summed E-state index contributed by atoms with van der Waals surface area (Å²) in [4.78, 5) is 4.91. The van der Waals surface area contributed by atoms with Gasteiger partial charge >= 0.3 is 6.18 Å². The summed E-state index contributed by atoms with van der Waals surface area (Å²) in [5.74, 6) is 0.869. The van der Waals surface area contributed by atoms with Crippen LogP contribution in [-0.4, -0.2) is 19.1 Å². The first-order valence-corrected chi connectivity index (χ1v) is 6.83. The molecule has 0 radical (unpaired) electrons. The second kappa shape index (κ2) is 6.26. The average Bonchev–Trinajstić information content (AvgIpc) is 2.46. The van der Waals surface area contributed by atoms with Gasteiger partial charge in [-0.25, -0.2) is 4.98 Å². The van der Waals surface area contributed by atoms with Gasteiger partial charge in [0.05, 0.1) is 12.7 Å².